The Labute approximate surface area is 106 Å². The molecular weight excluding hydrogens is 224 g/mol. The van der Waals surface area contributed by atoms with Gasteiger partial charge in [-0.3, -0.25) is 9.59 Å². The summed E-state index contributed by atoms with van der Waals surface area (Å²) in [5.74, 6) is 2.53. The van der Waals surface area contributed by atoms with Gasteiger partial charge in [-0.1, -0.05) is 24.3 Å². The minimum atomic E-state index is 0.0431. The van der Waals surface area contributed by atoms with E-state index in [2.05, 4.69) is 24.3 Å². The molecule has 5 aliphatic rings. The SMILES string of the molecule is O=C1[C@@H]2[C@H](C(=O)[C@H]3[C@H]1[C@H]1C=C[C@H]3C1)[C@H]1C=C[C@H]2C1. The van der Waals surface area contributed by atoms with Crippen LogP contribution < -0.4 is 0 Å². The van der Waals surface area contributed by atoms with Gasteiger partial charge in [-0.05, 0) is 36.5 Å². The number of rotatable bonds is 0. The van der Waals surface area contributed by atoms with Gasteiger partial charge in [0.05, 0.1) is 0 Å². The molecule has 4 bridgehead atoms. The molecule has 0 heterocycles. The smallest absolute Gasteiger partial charge is 0.141 e. The zero-order chi connectivity index (χ0) is 12.0. The van der Waals surface area contributed by atoms with Gasteiger partial charge in [0.15, 0.2) is 0 Å². The van der Waals surface area contributed by atoms with Gasteiger partial charge in [0.2, 0.25) is 0 Å². The van der Waals surface area contributed by atoms with Crippen LogP contribution in [0.3, 0.4) is 0 Å². The molecule has 92 valence electrons. The second-order valence-corrected chi connectivity index (χ2v) is 6.80. The van der Waals surface area contributed by atoms with E-state index in [1.165, 1.54) is 0 Å². The average molecular weight is 240 g/mol. The highest BCUT2D eigenvalue weighted by molar-refractivity contribution is 6.02. The van der Waals surface area contributed by atoms with Crippen molar-refractivity contribution in [3.8, 4) is 0 Å². The maximum atomic E-state index is 12.8. The van der Waals surface area contributed by atoms with Crippen LogP contribution in [0, 0.1) is 47.3 Å². The third-order valence-corrected chi connectivity index (χ3v) is 6.23. The van der Waals surface area contributed by atoms with E-state index in [0.29, 0.717) is 35.2 Å². The van der Waals surface area contributed by atoms with Crippen molar-refractivity contribution in [1.82, 2.24) is 0 Å². The van der Waals surface area contributed by atoms with Crippen molar-refractivity contribution in [1.29, 1.82) is 0 Å². The Bertz CT molecular complexity index is 441. The fourth-order valence-corrected chi connectivity index (χ4v) is 5.64. The molecule has 0 aliphatic heterocycles. The highest BCUT2D eigenvalue weighted by Gasteiger charge is 2.63. The van der Waals surface area contributed by atoms with E-state index in [9.17, 15) is 9.59 Å². The lowest BCUT2D eigenvalue weighted by atomic mass is 9.60. The molecular formula is C16H16O2. The number of Topliss-reactive ketones (excluding diaryl/α,β-unsaturated/α-hetero) is 2. The second-order valence-electron chi connectivity index (χ2n) is 6.80. The van der Waals surface area contributed by atoms with E-state index in [1.54, 1.807) is 0 Å². The van der Waals surface area contributed by atoms with Crippen molar-refractivity contribution in [2.75, 3.05) is 0 Å². The van der Waals surface area contributed by atoms with Crippen molar-refractivity contribution in [2.45, 2.75) is 12.8 Å². The Morgan fingerprint density at radius 2 is 0.889 bits per heavy atom. The predicted octanol–water partition coefficient (Wildman–Crippen LogP) is 2.01. The lowest BCUT2D eigenvalue weighted by Gasteiger charge is -2.40. The first-order valence-electron chi connectivity index (χ1n) is 7.20. The van der Waals surface area contributed by atoms with Gasteiger partial charge in [0, 0.05) is 23.7 Å². The van der Waals surface area contributed by atoms with Crippen LogP contribution in [0.25, 0.3) is 0 Å². The van der Waals surface area contributed by atoms with Crippen molar-refractivity contribution in [2.24, 2.45) is 47.3 Å². The molecule has 3 saturated carbocycles. The van der Waals surface area contributed by atoms with Gasteiger partial charge in [0.25, 0.3) is 0 Å². The molecule has 0 aromatic heterocycles. The van der Waals surface area contributed by atoms with E-state index in [-0.39, 0.29) is 23.7 Å². The van der Waals surface area contributed by atoms with Crippen molar-refractivity contribution in [3.63, 3.8) is 0 Å². The molecule has 0 saturated heterocycles. The van der Waals surface area contributed by atoms with Gasteiger partial charge in [0.1, 0.15) is 11.6 Å². The van der Waals surface area contributed by atoms with Crippen LogP contribution in [-0.4, -0.2) is 11.6 Å². The maximum absolute atomic E-state index is 12.8. The summed E-state index contributed by atoms with van der Waals surface area (Å²) in [6.07, 6.45) is 10.9. The number of allylic oxidation sites excluding steroid dienone is 4. The van der Waals surface area contributed by atoms with Crippen LogP contribution in [0.2, 0.25) is 0 Å². The summed E-state index contributed by atoms with van der Waals surface area (Å²) in [5, 5.41) is 0. The van der Waals surface area contributed by atoms with Gasteiger partial charge in [-0.15, -0.1) is 0 Å². The minimum absolute atomic E-state index is 0.0431. The quantitative estimate of drug-likeness (QED) is 0.607. The van der Waals surface area contributed by atoms with Crippen LogP contribution >= 0.6 is 0 Å². The van der Waals surface area contributed by atoms with Gasteiger partial charge < -0.3 is 0 Å². The summed E-state index contributed by atoms with van der Waals surface area (Å²) in [6, 6.07) is 0. The maximum Gasteiger partial charge on any atom is 0.141 e. The molecule has 0 radical (unpaired) electrons. The van der Waals surface area contributed by atoms with E-state index in [0.717, 1.165) is 12.8 Å². The Morgan fingerprint density at radius 1 is 0.611 bits per heavy atom. The van der Waals surface area contributed by atoms with Crippen LogP contribution in [0.15, 0.2) is 24.3 Å². The molecule has 2 heteroatoms. The third kappa shape index (κ3) is 0.877. The number of carbonyl (C=O) groups is 2. The summed E-state index contributed by atoms with van der Waals surface area (Å²) in [4.78, 5) is 25.6. The Morgan fingerprint density at radius 3 is 1.17 bits per heavy atom. The normalized spacial score (nSPS) is 58.4. The lowest BCUT2D eigenvalue weighted by molar-refractivity contribution is -0.148. The molecule has 0 aromatic carbocycles. The first-order chi connectivity index (χ1) is 8.75. The average Bonchev–Trinajstić information content (AvgIpc) is 3.10. The molecule has 5 rings (SSSR count). The summed E-state index contributed by atoms with van der Waals surface area (Å²) < 4.78 is 0. The standard InChI is InChI=1S/C16H16O2/c17-15-11-7-1-2-8(5-7)12(11)16(18)14-10-4-3-9(6-10)13(14)15/h1-4,7-14H,5-6H2/t7-,8-,9-,10-,11-,12+,13+,14+/m0/s1. The number of hydrogen-bond acceptors (Lipinski definition) is 2. The highest BCUT2D eigenvalue weighted by atomic mass is 16.1. The van der Waals surface area contributed by atoms with Gasteiger partial charge in [-0.25, -0.2) is 0 Å². The van der Waals surface area contributed by atoms with Crippen LogP contribution in [0.5, 0.6) is 0 Å². The van der Waals surface area contributed by atoms with E-state index < -0.39 is 0 Å². The van der Waals surface area contributed by atoms with Crippen LogP contribution in [-0.2, 0) is 9.59 Å². The van der Waals surface area contributed by atoms with Gasteiger partial charge >= 0.3 is 0 Å². The van der Waals surface area contributed by atoms with E-state index in [1.807, 2.05) is 0 Å². The Kier molecular flexibility index (Phi) is 1.55. The molecule has 18 heavy (non-hydrogen) atoms. The third-order valence-electron chi connectivity index (χ3n) is 6.23. The first kappa shape index (κ1) is 9.71. The largest absolute Gasteiger partial charge is 0.299 e. The monoisotopic (exact) mass is 240 g/mol. The molecule has 0 unspecified atom stereocenters. The lowest BCUT2D eigenvalue weighted by Crippen LogP contribution is -2.50. The zero-order valence-electron chi connectivity index (χ0n) is 10.2. The Hall–Kier alpha value is -1.18. The number of fused-ring (bicyclic) bond motifs is 10. The Balaban J connectivity index is 1.65. The summed E-state index contributed by atoms with van der Waals surface area (Å²) in [5.41, 5.74) is 0. The minimum Gasteiger partial charge on any atom is -0.299 e. The van der Waals surface area contributed by atoms with Crippen LogP contribution in [0.1, 0.15) is 12.8 Å². The molecule has 8 atom stereocenters. The van der Waals surface area contributed by atoms with Crippen molar-refractivity contribution in [3.05, 3.63) is 24.3 Å². The molecule has 3 fully saturated rings. The van der Waals surface area contributed by atoms with E-state index >= 15 is 0 Å². The second kappa shape index (κ2) is 2.87. The molecule has 0 N–H and O–H groups in total. The predicted molar refractivity (Wildman–Crippen MR) is 65.4 cm³/mol. The molecule has 0 amide bonds. The highest BCUT2D eigenvalue weighted by Crippen LogP contribution is 2.60. The zero-order valence-corrected chi connectivity index (χ0v) is 10.2. The van der Waals surface area contributed by atoms with Crippen LogP contribution in [0.4, 0.5) is 0 Å². The number of carbonyl (C=O) groups excluding carboxylic acids is 2. The molecule has 0 spiro atoms. The molecule has 0 aromatic rings. The number of ketones is 2. The fraction of sp³-hybridized carbons (Fsp3) is 0.625. The molecule has 5 aliphatic carbocycles. The summed E-state index contributed by atoms with van der Waals surface area (Å²) >= 11 is 0. The summed E-state index contributed by atoms with van der Waals surface area (Å²) in [6.45, 7) is 0. The van der Waals surface area contributed by atoms with E-state index in [4.69, 9.17) is 0 Å². The first-order valence-corrected chi connectivity index (χ1v) is 7.20. The number of hydrogen-bond donors (Lipinski definition) is 0. The summed E-state index contributed by atoms with van der Waals surface area (Å²) in [7, 11) is 0. The molecule has 2 nitrogen and oxygen atoms in total. The fourth-order valence-electron chi connectivity index (χ4n) is 5.64. The van der Waals surface area contributed by atoms with Crippen molar-refractivity contribution >= 4 is 11.6 Å². The topological polar surface area (TPSA) is 34.1 Å². The van der Waals surface area contributed by atoms with Gasteiger partial charge in [-0.2, -0.15) is 0 Å². The van der Waals surface area contributed by atoms with Crippen molar-refractivity contribution < 1.29 is 9.59 Å².